The molecule has 1 fully saturated rings. The third-order valence-corrected chi connectivity index (χ3v) is 6.51. The molecule has 4 aromatic rings. The Kier molecular flexibility index (Phi) is 5.83. The highest BCUT2D eigenvalue weighted by atomic mass is 16.5. The van der Waals surface area contributed by atoms with E-state index in [4.69, 9.17) is 15.0 Å². The van der Waals surface area contributed by atoms with Gasteiger partial charge in [0.1, 0.15) is 17.1 Å². The van der Waals surface area contributed by atoms with Crippen molar-refractivity contribution < 1.29 is 14.1 Å². The molecule has 0 unspecified atom stereocenters. The minimum Gasteiger partial charge on any atom is -0.467 e. The first-order valence-corrected chi connectivity index (χ1v) is 11.5. The van der Waals surface area contributed by atoms with Crippen LogP contribution in [-0.2, 0) is 14.9 Å². The van der Waals surface area contributed by atoms with Crippen LogP contribution in [0.25, 0.3) is 22.7 Å². The second kappa shape index (κ2) is 8.99. The molecule has 1 aliphatic carbocycles. The summed E-state index contributed by atoms with van der Waals surface area (Å²) in [5.74, 6) is 1.19. The number of nitrogens with two attached hydrogens (primary N) is 1. The summed E-state index contributed by atoms with van der Waals surface area (Å²) < 4.78 is 10.4. The van der Waals surface area contributed by atoms with Gasteiger partial charge in [0.15, 0.2) is 5.82 Å². The van der Waals surface area contributed by atoms with Crippen LogP contribution in [0.1, 0.15) is 44.5 Å². The van der Waals surface area contributed by atoms with Crippen molar-refractivity contribution in [2.24, 2.45) is 0 Å². The zero-order valence-electron chi connectivity index (χ0n) is 20.2. The van der Waals surface area contributed by atoms with E-state index in [2.05, 4.69) is 47.5 Å². The smallest absolute Gasteiger partial charge is 0.330 e. The lowest BCUT2D eigenvalue weighted by atomic mass is 9.64. The van der Waals surface area contributed by atoms with E-state index in [0.717, 1.165) is 36.0 Å². The third-order valence-electron chi connectivity index (χ3n) is 6.51. The first kappa shape index (κ1) is 23.3. The molecule has 184 valence electrons. The fourth-order valence-electron chi connectivity index (χ4n) is 4.29. The molecule has 3 heterocycles. The zero-order valence-corrected chi connectivity index (χ0v) is 20.2. The summed E-state index contributed by atoms with van der Waals surface area (Å²) in [5.41, 5.74) is 7.80. The average Bonchev–Trinajstić information content (AvgIpc) is 3.34. The number of esters is 1. The Hall–Kier alpha value is -4.41. The maximum Gasteiger partial charge on any atom is 0.330 e. The number of hydrogen-bond donors (Lipinski definition) is 2. The number of ether oxygens (including phenoxy) is 1. The van der Waals surface area contributed by atoms with Crippen molar-refractivity contribution in [3.63, 3.8) is 0 Å². The Morgan fingerprint density at radius 2 is 1.75 bits per heavy atom. The molecular formula is C25H26N8O3. The quantitative estimate of drug-likeness (QED) is 0.369. The number of nitrogen functional groups attached to an aromatic ring is 1. The second-order valence-electron chi connectivity index (χ2n) is 9.29. The van der Waals surface area contributed by atoms with Crippen LogP contribution in [0.3, 0.4) is 0 Å². The Balaban J connectivity index is 1.35. The summed E-state index contributed by atoms with van der Waals surface area (Å²) in [7, 11) is 1.34. The first-order valence-electron chi connectivity index (χ1n) is 11.5. The Morgan fingerprint density at radius 1 is 1.03 bits per heavy atom. The number of carbonyl (C=O) groups is 1. The maximum absolute atomic E-state index is 11.9. The number of hydrogen-bond acceptors (Lipinski definition) is 11. The number of methoxy groups -OCH3 is 1. The van der Waals surface area contributed by atoms with Crippen molar-refractivity contribution in [3.05, 3.63) is 60.4 Å². The number of nitrogens with one attached hydrogen (secondary N) is 1. The number of aromatic nitrogens is 6. The SMILES string of the molecule is COC(=O)C(C)(C)Nc1cnc(-c2nc(C3(c4ccc(-c5cnc(N)nc5)cc4)CCC3)no2)cn1. The summed E-state index contributed by atoms with van der Waals surface area (Å²) >= 11 is 0. The van der Waals surface area contributed by atoms with E-state index >= 15 is 0 Å². The standard InChI is InChI=1S/C25H26N8O3/c1-24(2,22(34)35-3)32-19-14-27-18(13-28-19)20-31-21(33-36-20)25(9-4-10-25)17-7-5-15(6-8-17)16-11-29-23(26)30-12-16/h5-8,11-14H,4,9-10H2,1-3H3,(H,28,32)(H2,26,29,30). The summed E-state index contributed by atoms with van der Waals surface area (Å²) in [4.78, 5) is 33.4. The van der Waals surface area contributed by atoms with Crippen LogP contribution in [0.15, 0.2) is 53.6 Å². The fraction of sp³-hybridized carbons (Fsp3) is 0.320. The third kappa shape index (κ3) is 4.23. The summed E-state index contributed by atoms with van der Waals surface area (Å²) in [5, 5.41) is 7.31. The van der Waals surface area contributed by atoms with E-state index in [1.165, 1.54) is 19.5 Å². The number of benzene rings is 1. The van der Waals surface area contributed by atoms with Gasteiger partial charge in [-0.25, -0.2) is 24.7 Å². The molecule has 5 rings (SSSR count). The Morgan fingerprint density at radius 3 is 2.33 bits per heavy atom. The molecule has 0 amide bonds. The van der Waals surface area contributed by atoms with Crippen molar-refractivity contribution in [1.82, 2.24) is 30.1 Å². The normalized spacial score (nSPS) is 14.6. The zero-order chi connectivity index (χ0) is 25.3. The van der Waals surface area contributed by atoms with Crippen molar-refractivity contribution in [2.45, 2.75) is 44.1 Å². The molecule has 1 aromatic carbocycles. The van der Waals surface area contributed by atoms with Gasteiger partial charge in [0.2, 0.25) is 5.95 Å². The summed E-state index contributed by atoms with van der Waals surface area (Å²) in [6.45, 7) is 3.40. The average molecular weight is 487 g/mol. The van der Waals surface area contributed by atoms with Gasteiger partial charge < -0.3 is 20.3 Å². The van der Waals surface area contributed by atoms with Crippen LogP contribution in [0.4, 0.5) is 11.8 Å². The molecule has 1 aliphatic rings. The van der Waals surface area contributed by atoms with Crippen molar-refractivity contribution in [3.8, 4) is 22.7 Å². The van der Waals surface area contributed by atoms with Gasteiger partial charge in [0.25, 0.3) is 5.89 Å². The molecule has 11 nitrogen and oxygen atoms in total. The highest BCUT2D eigenvalue weighted by molar-refractivity contribution is 5.83. The largest absolute Gasteiger partial charge is 0.467 e. The van der Waals surface area contributed by atoms with Gasteiger partial charge in [-0.1, -0.05) is 35.8 Å². The van der Waals surface area contributed by atoms with Crippen LogP contribution >= 0.6 is 0 Å². The molecule has 3 N–H and O–H groups in total. The number of carbonyl (C=O) groups excluding carboxylic acids is 1. The lowest BCUT2D eigenvalue weighted by Crippen LogP contribution is -2.41. The number of anilines is 2. The second-order valence-corrected chi connectivity index (χ2v) is 9.29. The predicted octanol–water partition coefficient (Wildman–Crippen LogP) is 3.40. The molecule has 1 saturated carbocycles. The number of rotatable bonds is 7. The lowest BCUT2D eigenvalue weighted by Gasteiger charge is -2.39. The van der Waals surface area contributed by atoms with E-state index in [1.807, 2.05) is 12.1 Å². The molecule has 11 heteroatoms. The molecule has 3 aromatic heterocycles. The fourth-order valence-corrected chi connectivity index (χ4v) is 4.29. The Labute approximate surface area is 207 Å². The molecular weight excluding hydrogens is 460 g/mol. The van der Waals surface area contributed by atoms with Crippen LogP contribution in [0, 0.1) is 0 Å². The highest BCUT2D eigenvalue weighted by Crippen LogP contribution is 2.48. The molecule has 0 atom stereocenters. The van der Waals surface area contributed by atoms with Gasteiger partial charge in [-0.05, 0) is 37.8 Å². The molecule has 0 aliphatic heterocycles. The van der Waals surface area contributed by atoms with Crippen LogP contribution in [-0.4, -0.2) is 48.7 Å². The van der Waals surface area contributed by atoms with Gasteiger partial charge >= 0.3 is 5.97 Å². The van der Waals surface area contributed by atoms with E-state index < -0.39 is 11.5 Å². The van der Waals surface area contributed by atoms with Crippen molar-refractivity contribution in [2.75, 3.05) is 18.2 Å². The highest BCUT2D eigenvalue weighted by Gasteiger charge is 2.44. The van der Waals surface area contributed by atoms with Gasteiger partial charge in [0.05, 0.1) is 24.9 Å². The lowest BCUT2D eigenvalue weighted by molar-refractivity contribution is -0.144. The van der Waals surface area contributed by atoms with Crippen molar-refractivity contribution in [1.29, 1.82) is 0 Å². The van der Waals surface area contributed by atoms with E-state index in [9.17, 15) is 4.79 Å². The van der Waals surface area contributed by atoms with Gasteiger partial charge in [-0.3, -0.25) is 0 Å². The van der Waals surface area contributed by atoms with E-state index in [1.54, 1.807) is 26.2 Å². The van der Waals surface area contributed by atoms with E-state index in [0.29, 0.717) is 17.3 Å². The summed E-state index contributed by atoms with van der Waals surface area (Å²) in [6.07, 6.45) is 9.39. The molecule has 0 saturated heterocycles. The first-order chi connectivity index (χ1) is 17.3. The molecule has 0 spiro atoms. The summed E-state index contributed by atoms with van der Waals surface area (Å²) in [6, 6.07) is 8.25. The van der Waals surface area contributed by atoms with Crippen LogP contribution < -0.4 is 11.1 Å². The van der Waals surface area contributed by atoms with Crippen LogP contribution in [0.5, 0.6) is 0 Å². The Bertz CT molecular complexity index is 1360. The minimum atomic E-state index is -0.949. The van der Waals surface area contributed by atoms with Crippen LogP contribution in [0.2, 0.25) is 0 Å². The maximum atomic E-state index is 11.9. The topological polar surface area (TPSA) is 155 Å². The molecule has 36 heavy (non-hydrogen) atoms. The minimum absolute atomic E-state index is 0.248. The van der Waals surface area contributed by atoms with E-state index in [-0.39, 0.29) is 17.3 Å². The molecule has 0 radical (unpaired) electrons. The van der Waals surface area contributed by atoms with Gasteiger partial charge in [-0.2, -0.15) is 4.98 Å². The number of nitrogens with zero attached hydrogens (tertiary/aromatic N) is 6. The van der Waals surface area contributed by atoms with Crippen molar-refractivity contribution >= 4 is 17.7 Å². The van der Waals surface area contributed by atoms with Gasteiger partial charge in [0, 0.05) is 18.0 Å². The monoisotopic (exact) mass is 486 g/mol. The molecule has 0 bridgehead atoms. The predicted molar refractivity (Wildman–Crippen MR) is 132 cm³/mol. The van der Waals surface area contributed by atoms with Gasteiger partial charge in [-0.15, -0.1) is 0 Å².